The minimum absolute atomic E-state index is 0.140. The zero-order valence-electron chi connectivity index (χ0n) is 11.1. The van der Waals surface area contributed by atoms with E-state index in [2.05, 4.69) is 10.4 Å². The van der Waals surface area contributed by atoms with Crippen LogP contribution in [0.2, 0.25) is 0 Å². The molecule has 1 fully saturated rings. The summed E-state index contributed by atoms with van der Waals surface area (Å²) in [7, 11) is 0. The van der Waals surface area contributed by atoms with Crippen LogP contribution in [0.5, 0.6) is 0 Å². The summed E-state index contributed by atoms with van der Waals surface area (Å²) in [4.78, 5) is 12.1. The Hall–Kier alpha value is -1.52. The van der Waals surface area contributed by atoms with E-state index in [4.69, 9.17) is 5.73 Å². The monoisotopic (exact) mass is 250 g/mol. The van der Waals surface area contributed by atoms with E-state index in [1.54, 1.807) is 10.9 Å². The topological polar surface area (TPSA) is 72.9 Å². The van der Waals surface area contributed by atoms with Gasteiger partial charge in [0.15, 0.2) is 5.69 Å². The third-order valence-corrected chi connectivity index (χ3v) is 3.44. The van der Waals surface area contributed by atoms with E-state index in [9.17, 15) is 4.79 Å². The van der Waals surface area contributed by atoms with Crippen molar-refractivity contribution in [3.05, 3.63) is 11.9 Å². The lowest BCUT2D eigenvalue weighted by atomic mass is 9.95. The molecule has 1 amide bonds. The second-order valence-corrected chi connectivity index (χ2v) is 5.32. The van der Waals surface area contributed by atoms with E-state index < -0.39 is 0 Å². The molecule has 5 nitrogen and oxygen atoms in total. The summed E-state index contributed by atoms with van der Waals surface area (Å²) in [6, 6.07) is 0.499. The molecule has 0 bridgehead atoms. The Morgan fingerprint density at radius 1 is 1.44 bits per heavy atom. The van der Waals surface area contributed by atoms with Crippen LogP contribution in [-0.4, -0.2) is 21.7 Å². The highest BCUT2D eigenvalue weighted by atomic mass is 16.2. The lowest BCUT2D eigenvalue weighted by Gasteiger charge is -2.22. The Morgan fingerprint density at radius 3 is 2.67 bits per heavy atom. The molecule has 3 N–H and O–H groups in total. The van der Waals surface area contributed by atoms with Crippen LogP contribution in [0, 0.1) is 0 Å². The zero-order chi connectivity index (χ0) is 13.1. The molecule has 0 aliphatic heterocycles. The SMILES string of the molecule is CC(C)n1cc(N)c(C(=O)NC2CCCCC2)n1. The third-order valence-electron chi connectivity index (χ3n) is 3.44. The molecule has 1 aromatic heterocycles. The predicted molar refractivity (Wildman–Crippen MR) is 71.4 cm³/mol. The van der Waals surface area contributed by atoms with Crippen LogP contribution in [0.3, 0.4) is 0 Å². The summed E-state index contributed by atoms with van der Waals surface area (Å²) in [5.74, 6) is -0.140. The van der Waals surface area contributed by atoms with Gasteiger partial charge in [-0.25, -0.2) is 0 Å². The van der Waals surface area contributed by atoms with Gasteiger partial charge in [-0.3, -0.25) is 9.48 Å². The maximum Gasteiger partial charge on any atom is 0.274 e. The number of amides is 1. The average Bonchev–Trinajstić information content (AvgIpc) is 2.73. The molecule has 0 unspecified atom stereocenters. The fourth-order valence-corrected chi connectivity index (χ4v) is 2.35. The number of hydrogen-bond acceptors (Lipinski definition) is 3. The highest BCUT2D eigenvalue weighted by Gasteiger charge is 2.20. The quantitative estimate of drug-likeness (QED) is 0.863. The molecular weight excluding hydrogens is 228 g/mol. The van der Waals surface area contributed by atoms with Crippen LogP contribution in [0.15, 0.2) is 6.20 Å². The molecule has 1 aliphatic carbocycles. The summed E-state index contributed by atoms with van der Waals surface area (Å²) in [5, 5.41) is 7.29. The molecule has 1 aromatic rings. The van der Waals surface area contributed by atoms with Crippen LogP contribution in [0.1, 0.15) is 62.5 Å². The largest absolute Gasteiger partial charge is 0.396 e. The number of aromatic nitrogens is 2. The van der Waals surface area contributed by atoms with Crippen molar-refractivity contribution in [1.29, 1.82) is 0 Å². The highest BCUT2D eigenvalue weighted by molar-refractivity contribution is 5.97. The first-order valence-electron chi connectivity index (χ1n) is 6.73. The van der Waals surface area contributed by atoms with Gasteiger partial charge in [0.25, 0.3) is 5.91 Å². The summed E-state index contributed by atoms with van der Waals surface area (Å²) < 4.78 is 1.73. The van der Waals surface area contributed by atoms with Gasteiger partial charge in [0, 0.05) is 18.3 Å². The number of nitrogens with two attached hydrogens (primary N) is 1. The summed E-state index contributed by atoms with van der Waals surface area (Å²) in [6.45, 7) is 4.02. The number of carbonyl (C=O) groups excluding carboxylic acids is 1. The first kappa shape index (κ1) is 12.9. The molecule has 1 aliphatic rings. The van der Waals surface area contributed by atoms with Gasteiger partial charge in [0.2, 0.25) is 0 Å². The van der Waals surface area contributed by atoms with Crippen LogP contribution in [0.4, 0.5) is 5.69 Å². The molecule has 100 valence electrons. The molecule has 1 saturated carbocycles. The van der Waals surface area contributed by atoms with Crippen LogP contribution in [0.25, 0.3) is 0 Å². The molecule has 18 heavy (non-hydrogen) atoms. The van der Waals surface area contributed by atoms with E-state index in [0.29, 0.717) is 11.4 Å². The molecule has 0 saturated heterocycles. The van der Waals surface area contributed by atoms with Gasteiger partial charge in [-0.1, -0.05) is 19.3 Å². The first-order chi connectivity index (χ1) is 8.58. The Labute approximate surface area is 108 Å². The standard InChI is InChI=1S/C13H22N4O/c1-9(2)17-8-11(14)12(16-17)13(18)15-10-6-4-3-5-7-10/h8-10H,3-7,14H2,1-2H3,(H,15,18). The van der Waals surface area contributed by atoms with Crippen LogP contribution in [-0.2, 0) is 0 Å². The van der Waals surface area contributed by atoms with Crippen molar-refractivity contribution in [2.75, 3.05) is 5.73 Å². The Balaban J connectivity index is 2.03. The smallest absolute Gasteiger partial charge is 0.274 e. The average molecular weight is 250 g/mol. The second kappa shape index (κ2) is 5.42. The molecule has 0 radical (unpaired) electrons. The lowest BCUT2D eigenvalue weighted by molar-refractivity contribution is 0.0922. The number of carbonyl (C=O) groups is 1. The van der Waals surface area contributed by atoms with Gasteiger partial charge in [-0.2, -0.15) is 5.10 Å². The summed E-state index contributed by atoms with van der Waals surface area (Å²) in [6.07, 6.45) is 7.52. The van der Waals surface area contributed by atoms with Gasteiger partial charge in [-0.15, -0.1) is 0 Å². The fourth-order valence-electron chi connectivity index (χ4n) is 2.35. The molecule has 0 atom stereocenters. The Bertz CT molecular complexity index is 419. The van der Waals surface area contributed by atoms with Crippen molar-refractivity contribution in [2.45, 2.75) is 58.0 Å². The van der Waals surface area contributed by atoms with Crippen molar-refractivity contribution in [3.8, 4) is 0 Å². The molecule has 2 rings (SSSR count). The van der Waals surface area contributed by atoms with Gasteiger partial charge in [0.1, 0.15) is 0 Å². The van der Waals surface area contributed by atoms with Crippen molar-refractivity contribution >= 4 is 11.6 Å². The Kier molecular flexibility index (Phi) is 3.89. The molecule has 5 heteroatoms. The first-order valence-corrected chi connectivity index (χ1v) is 6.73. The van der Waals surface area contributed by atoms with Gasteiger partial charge in [-0.05, 0) is 26.7 Å². The normalized spacial score (nSPS) is 17.1. The number of nitrogens with zero attached hydrogens (tertiary/aromatic N) is 2. The number of hydrogen-bond donors (Lipinski definition) is 2. The van der Waals surface area contributed by atoms with Gasteiger partial charge in [0.05, 0.1) is 5.69 Å². The van der Waals surface area contributed by atoms with Crippen molar-refractivity contribution < 1.29 is 4.79 Å². The number of nitrogen functional groups attached to an aromatic ring is 1. The molecule has 0 spiro atoms. The molecule has 0 aromatic carbocycles. The minimum Gasteiger partial charge on any atom is -0.396 e. The third kappa shape index (κ3) is 2.83. The van der Waals surface area contributed by atoms with Crippen molar-refractivity contribution in [2.24, 2.45) is 0 Å². The maximum absolute atomic E-state index is 12.1. The van der Waals surface area contributed by atoms with E-state index in [1.165, 1.54) is 19.3 Å². The van der Waals surface area contributed by atoms with Crippen LogP contribution >= 0.6 is 0 Å². The van der Waals surface area contributed by atoms with Crippen molar-refractivity contribution in [3.63, 3.8) is 0 Å². The highest BCUT2D eigenvalue weighted by Crippen LogP contribution is 2.19. The molecular formula is C13H22N4O. The minimum atomic E-state index is -0.140. The van der Waals surface area contributed by atoms with E-state index >= 15 is 0 Å². The van der Waals surface area contributed by atoms with Gasteiger partial charge >= 0.3 is 0 Å². The number of rotatable bonds is 3. The van der Waals surface area contributed by atoms with Gasteiger partial charge < -0.3 is 11.1 Å². The lowest BCUT2D eigenvalue weighted by Crippen LogP contribution is -2.36. The number of nitrogens with one attached hydrogen (secondary N) is 1. The summed E-state index contributed by atoms with van der Waals surface area (Å²) in [5.41, 5.74) is 6.65. The zero-order valence-corrected chi connectivity index (χ0v) is 11.1. The predicted octanol–water partition coefficient (Wildman–Crippen LogP) is 2.11. The second-order valence-electron chi connectivity index (χ2n) is 5.32. The summed E-state index contributed by atoms with van der Waals surface area (Å²) >= 11 is 0. The maximum atomic E-state index is 12.1. The Morgan fingerprint density at radius 2 is 2.11 bits per heavy atom. The van der Waals surface area contributed by atoms with Crippen LogP contribution < -0.4 is 11.1 Å². The number of anilines is 1. The van der Waals surface area contributed by atoms with Crippen molar-refractivity contribution in [1.82, 2.24) is 15.1 Å². The fraction of sp³-hybridized carbons (Fsp3) is 0.692. The van der Waals surface area contributed by atoms with E-state index in [1.807, 2.05) is 13.8 Å². The molecule has 1 heterocycles. The van der Waals surface area contributed by atoms with E-state index in [-0.39, 0.29) is 18.0 Å². The van der Waals surface area contributed by atoms with E-state index in [0.717, 1.165) is 12.8 Å².